The summed E-state index contributed by atoms with van der Waals surface area (Å²) < 4.78 is 5.14. The molecule has 1 fully saturated rings. The smallest absolute Gasteiger partial charge is 0.240 e. The van der Waals surface area contributed by atoms with Crippen LogP contribution in [-0.2, 0) is 9.59 Å². The van der Waals surface area contributed by atoms with Crippen molar-refractivity contribution >= 4 is 34.8 Å². The predicted octanol–water partition coefficient (Wildman–Crippen LogP) is 4.01. The van der Waals surface area contributed by atoms with Gasteiger partial charge < -0.3 is 15.4 Å². The van der Waals surface area contributed by atoms with Crippen LogP contribution in [0.3, 0.4) is 0 Å². The largest absolute Gasteiger partial charge is 0.497 e. The highest BCUT2D eigenvalue weighted by molar-refractivity contribution is 6.31. The number of benzene rings is 2. The quantitative estimate of drug-likeness (QED) is 0.793. The minimum atomic E-state index is -1.03. The maximum atomic E-state index is 12.6. The highest BCUT2D eigenvalue weighted by Gasteiger charge is 2.56. The minimum absolute atomic E-state index is 0.309. The van der Waals surface area contributed by atoms with Gasteiger partial charge in [0.1, 0.15) is 11.2 Å². The molecule has 0 aromatic heterocycles. The van der Waals surface area contributed by atoms with E-state index in [0.29, 0.717) is 35.0 Å². The first-order valence-electron chi connectivity index (χ1n) is 7.98. The number of carbonyl (C=O) groups is 2. The van der Waals surface area contributed by atoms with E-state index in [0.717, 1.165) is 5.56 Å². The Bertz CT molecular complexity index is 831. The molecule has 0 spiro atoms. The Morgan fingerprint density at radius 3 is 2.24 bits per heavy atom. The first-order valence-corrected chi connectivity index (χ1v) is 8.35. The lowest BCUT2D eigenvalue weighted by atomic mass is 10.0. The SMILES string of the molecule is COc1cccc(NC(=O)C2(C(=O)Nc3ccc(C)c(Cl)c3)CC2)c1. The molecule has 1 saturated carbocycles. The Hall–Kier alpha value is -2.53. The molecular weight excluding hydrogens is 340 g/mol. The third kappa shape index (κ3) is 3.61. The van der Waals surface area contributed by atoms with Gasteiger partial charge in [0.15, 0.2) is 0 Å². The van der Waals surface area contributed by atoms with E-state index in [2.05, 4.69) is 10.6 Å². The zero-order valence-corrected chi connectivity index (χ0v) is 14.8. The van der Waals surface area contributed by atoms with Gasteiger partial charge in [0.25, 0.3) is 0 Å². The average molecular weight is 359 g/mol. The fourth-order valence-electron chi connectivity index (χ4n) is 2.56. The Balaban J connectivity index is 1.71. The van der Waals surface area contributed by atoms with Crippen molar-refractivity contribution < 1.29 is 14.3 Å². The number of nitrogens with one attached hydrogen (secondary N) is 2. The number of methoxy groups -OCH3 is 1. The van der Waals surface area contributed by atoms with E-state index in [1.807, 2.05) is 13.0 Å². The molecule has 2 N–H and O–H groups in total. The molecule has 5 nitrogen and oxygen atoms in total. The second-order valence-electron chi connectivity index (χ2n) is 6.19. The fourth-order valence-corrected chi connectivity index (χ4v) is 2.74. The van der Waals surface area contributed by atoms with E-state index in [1.54, 1.807) is 43.5 Å². The summed E-state index contributed by atoms with van der Waals surface area (Å²) in [6.07, 6.45) is 1.04. The van der Waals surface area contributed by atoms with Gasteiger partial charge in [0.2, 0.25) is 11.8 Å². The van der Waals surface area contributed by atoms with Gasteiger partial charge >= 0.3 is 0 Å². The van der Waals surface area contributed by atoms with Crippen LogP contribution in [0.5, 0.6) is 5.75 Å². The lowest BCUT2D eigenvalue weighted by molar-refractivity contribution is -0.131. The molecule has 0 atom stereocenters. The molecule has 0 unspecified atom stereocenters. The van der Waals surface area contributed by atoms with Crippen LogP contribution in [0.25, 0.3) is 0 Å². The third-order valence-electron chi connectivity index (χ3n) is 4.38. The summed E-state index contributed by atoms with van der Waals surface area (Å²) >= 11 is 6.08. The zero-order chi connectivity index (χ0) is 18.0. The lowest BCUT2D eigenvalue weighted by Gasteiger charge is -2.16. The Morgan fingerprint density at radius 2 is 1.68 bits per heavy atom. The number of anilines is 2. The monoisotopic (exact) mass is 358 g/mol. The van der Waals surface area contributed by atoms with E-state index in [1.165, 1.54) is 0 Å². The highest BCUT2D eigenvalue weighted by Crippen LogP contribution is 2.47. The Morgan fingerprint density at radius 1 is 1.04 bits per heavy atom. The molecule has 1 aliphatic carbocycles. The summed E-state index contributed by atoms with van der Waals surface area (Å²) in [5.41, 5.74) is 1.08. The number of hydrogen-bond donors (Lipinski definition) is 2. The van der Waals surface area contributed by atoms with Gasteiger partial charge in [-0.1, -0.05) is 23.7 Å². The van der Waals surface area contributed by atoms with E-state index in [9.17, 15) is 9.59 Å². The molecule has 0 bridgehead atoms. The van der Waals surface area contributed by atoms with Crippen LogP contribution >= 0.6 is 11.6 Å². The predicted molar refractivity (Wildman–Crippen MR) is 98.1 cm³/mol. The zero-order valence-electron chi connectivity index (χ0n) is 14.1. The van der Waals surface area contributed by atoms with Crippen molar-refractivity contribution in [3.8, 4) is 5.75 Å². The van der Waals surface area contributed by atoms with Crippen LogP contribution in [0.1, 0.15) is 18.4 Å². The molecule has 2 aromatic rings. The van der Waals surface area contributed by atoms with Crippen LogP contribution in [-0.4, -0.2) is 18.9 Å². The van der Waals surface area contributed by atoms with Crippen LogP contribution in [0.2, 0.25) is 5.02 Å². The summed E-state index contributed by atoms with van der Waals surface area (Å²) in [4.78, 5) is 25.2. The summed E-state index contributed by atoms with van der Waals surface area (Å²) in [6, 6.07) is 12.3. The first kappa shape index (κ1) is 17.3. The van der Waals surface area contributed by atoms with Gasteiger partial charge in [-0.25, -0.2) is 0 Å². The van der Waals surface area contributed by atoms with Gasteiger partial charge in [-0.2, -0.15) is 0 Å². The molecule has 0 saturated heterocycles. The number of carbonyl (C=O) groups excluding carboxylic acids is 2. The van der Waals surface area contributed by atoms with E-state index in [4.69, 9.17) is 16.3 Å². The normalized spacial score (nSPS) is 14.5. The number of aryl methyl sites for hydroxylation is 1. The standard InChI is InChI=1S/C19H19ClN2O3/c1-12-6-7-14(11-16(12)20)22-18(24)19(8-9-19)17(23)21-13-4-3-5-15(10-13)25-2/h3-7,10-11H,8-9H2,1-2H3,(H,21,23)(H,22,24). The Labute approximate surface area is 151 Å². The average Bonchev–Trinajstić information content (AvgIpc) is 3.40. The molecule has 2 aromatic carbocycles. The van der Waals surface area contributed by atoms with Crippen molar-refractivity contribution in [1.82, 2.24) is 0 Å². The molecule has 3 rings (SSSR count). The van der Waals surface area contributed by atoms with Crippen LogP contribution in [0.4, 0.5) is 11.4 Å². The Kier molecular flexibility index (Phi) is 4.68. The minimum Gasteiger partial charge on any atom is -0.497 e. The van der Waals surface area contributed by atoms with Crippen molar-refractivity contribution in [2.75, 3.05) is 17.7 Å². The topological polar surface area (TPSA) is 67.4 Å². The maximum absolute atomic E-state index is 12.6. The van der Waals surface area contributed by atoms with Crippen LogP contribution < -0.4 is 15.4 Å². The number of rotatable bonds is 5. The summed E-state index contributed by atoms with van der Waals surface area (Å²) in [6.45, 7) is 1.89. The van der Waals surface area contributed by atoms with E-state index < -0.39 is 5.41 Å². The van der Waals surface area contributed by atoms with Gasteiger partial charge in [-0.05, 0) is 49.6 Å². The second-order valence-corrected chi connectivity index (χ2v) is 6.59. The molecular formula is C19H19ClN2O3. The van der Waals surface area contributed by atoms with E-state index in [-0.39, 0.29) is 11.8 Å². The molecule has 2 amide bonds. The summed E-state index contributed by atoms with van der Waals surface area (Å²) in [7, 11) is 1.56. The van der Waals surface area contributed by atoms with Crippen molar-refractivity contribution in [1.29, 1.82) is 0 Å². The first-order chi connectivity index (χ1) is 11.9. The molecule has 1 aliphatic rings. The molecule has 0 heterocycles. The van der Waals surface area contributed by atoms with Gasteiger partial charge in [-0.15, -0.1) is 0 Å². The summed E-state index contributed by atoms with van der Waals surface area (Å²) in [5, 5.41) is 6.17. The fraction of sp³-hybridized carbons (Fsp3) is 0.263. The third-order valence-corrected chi connectivity index (χ3v) is 4.78. The van der Waals surface area contributed by atoms with Crippen molar-refractivity contribution in [2.45, 2.75) is 19.8 Å². The summed E-state index contributed by atoms with van der Waals surface area (Å²) in [5.74, 6) is 0.0191. The molecule has 130 valence electrons. The number of ether oxygens (including phenoxy) is 1. The van der Waals surface area contributed by atoms with Crippen molar-refractivity contribution in [3.05, 3.63) is 53.1 Å². The molecule has 0 radical (unpaired) electrons. The van der Waals surface area contributed by atoms with Crippen LogP contribution in [0, 0.1) is 12.3 Å². The lowest BCUT2D eigenvalue weighted by Crippen LogP contribution is -2.35. The highest BCUT2D eigenvalue weighted by atomic mass is 35.5. The van der Waals surface area contributed by atoms with Crippen molar-refractivity contribution in [2.24, 2.45) is 5.41 Å². The molecule has 0 aliphatic heterocycles. The van der Waals surface area contributed by atoms with Gasteiger partial charge in [-0.3, -0.25) is 9.59 Å². The maximum Gasteiger partial charge on any atom is 0.240 e. The van der Waals surface area contributed by atoms with Crippen molar-refractivity contribution in [3.63, 3.8) is 0 Å². The van der Waals surface area contributed by atoms with Crippen LogP contribution in [0.15, 0.2) is 42.5 Å². The van der Waals surface area contributed by atoms with Gasteiger partial charge in [0, 0.05) is 22.5 Å². The number of halogens is 1. The molecule has 6 heteroatoms. The number of hydrogen-bond acceptors (Lipinski definition) is 3. The second kappa shape index (κ2) is 6.76. The van der Waals surface area contributed by atoms with E-state index >= 15 is 0 Å². The van der Waals surface area contributed by atoms with Gasteiger partial charge in [0.05, 0.1) is 7.11 Å². The molecule has 25 heavy (non-hydrogen) atoms. The number of amides is 2.